The van der Waals surface area contributed by atoms with Gasteiger partial charge in [-0.25, -0.2) is 4.98 Å². The average Bonchev–Trinajstić information content (AvgIpc) is 3.23. The number of amides is 1. The van der Waals surface area contributed by atoms with Gasteiger partial charge in [0.25, 0.3) is 5.56 Å². The lowest BCUT2D eigenvalue weighted by molar-refractivity contribution is -0.127. The van der Waals surface area contributed by atoms with Crippen molar-refractivity contribution < 1.29 is 4.79 Å². The first kappa shape index (κ1) is 19.2. The molecule has 0 saturated carbocycles. The zero-order chi connectivity index (χ0) is 20.0. The maximum atomic E-state index is 13.6. The summed E-state index contributed by atoms with van der Waals surface area (Å²) in [7, 11) is 3.49. The van der Waals surface area contributed by atoms with Crippen LogP contribution in [0, 0.1) is 6.92 Å². The highest BCUT2D eigenvalue weighted by Gasteiger charge is 2.26. The van der Waals surface area contributed by atoms with Crippen LogP contribution in [0.25, 0.3) is 15.9 Å². The number of hydrogen-bond acceptors (Lipinski definition) is 5. The molecular formula is C21H23N3O2S2. The van der Waals surface area contributed by atoms with Gasteiger partial charge < -0.3 is 4.90 Å². The maximum Gasteiger partial charge on any atom is 0.267 e. The quantitative estimate of drug-likeness (QED) is 0.482. The van der Waals surface area contributed by atoms with Crippen LogP contribution in [-0.2, 0) is 17.6 Å². The van der Waals surface area contributed by atoms with Crippen LogP contribution in [0.15, 0.2) is 34.2 Å². The van der Waals surface area contributed by atoms with E-state index in [9.17, 15) is 9.59 Å². The predicted octanol–water partition coefficient (Wildman–Crippen LogP) is 3.81. The smallest absolute Gasteiger partial charge is 0.267 e. The summed E-state index contributed by atoms with van der Waals surface area (Å²) in [5, 5.41) is 1.00. The van der Waals surface area contributed by atoms with Crippen LogP contribution in [0.2, 0.25) is 0 Å². The van der Waals surface area contributed by atoms with Crippen molar-refractivity contribution in [1.82, 2.24) is 14.5 Å². The first-order chi connectivity index (χ1) is 13.4. The van der Waals surface area contributed by atoms with E-state index >= 15 is 0 Å². The van der Waals surface area contributed by atoms with E-state index in [0.29, 0.717) is 5.16 Å². The van der Waals surface area contributed by atoms with Gasteiger partial charge in [0.15, 0.2) is 5.16 Å². The number of carbonyl (C=O) groups excluding carboxylic acids is 1. The Morgan fingerprint density at radius 2 is 1.96 bits per heavy atom. The van der Waals surface area contributed by atoms with Crippen molar-refractivity contribution in [2.45, 2.75) is 43.5 Å². The van der Waals surface area contributed by atoms with Crippen LogP contribution in [-0.4, -0.2) is 39.7 Å². The van der Waals surface area contributed by atoms with Crippen LogP contribution in [0.3, 0.4) is 0 Å². The van der Waals surface area contributed by atoms with Gasteiger partial charge in [0.1, 0.15) is 4.83 Å². The molecule has 1 amide bonds. The van der Waals surface area contributed by atoms with E-state index in [1.54, 1.807) is 34.9 Å². The fraction of sp³-hybridized carbons (Fsp3) is 0.381. The number of nitrogens with zero attached hydrogens (tertiary/aromatic N) is 3. The summed E-state index contributed by atoms with van der Waals surface area (Å²) < 4.78 is 1.68. The third-order valence-electron chi connectivity index (χ3n) is 5.07. The predicted molar refractivity (Wildman–Crippen MR) is 116 cm³/mol. The summed E-state index contributed by atoms with van der Waals surface area (Å²) in [6, 6.07) is 7.87. The van der Waals surface area contributed by atoms with Gasteiger partial charge in [-0.05, 0) is 50.8 Å². The SMILES string of the molecule is Cc1ccc(-n2c(S[C@@H](C)C(=O)N(C)C)nc3sc4c(c3c2=O)CCC4)cc1. The Hall–Kier alpha value is -2.12. The lowest BCUT2D eigenvalue weighted by Crippen LogP contribution is -2.31. The van der Waals surface area contributed by atoms with Gasteiger partial charge >= 0.3 is 0 Å². The van der Waals surface area contributed by atoms with Crippen LogP contribution >= 0.6 is 23.1 Å². The first-order valence-corrected chi connectivity index (χ1v) is 11.1. The minimum absolute atomic E-state index is 0.00322. The number of fused-ring (bicyclic) bond motifs is 3. The van der Waals surface area contributed by atoms with Gasteiger partial charge in [0, 0.05) is 19.0 Å². The fourth-order valence-electron chi connectivity index (χ4n) is 3.60. The number of rotatable bonds is 4. The summed E-state index contributed by atoms with van der Waals surface area (Å²) in [6.07, 6.45) is 3.08. The molecule has 1 aliphatic rings. The minimum Gasteiger partial charge on any atom is -0.348 e. The average molecular weight is 414 g/mol. The Balaban J connectivity index is 1.92. The monoisotopic (exact) mass is 413 g/mol. The van der Waals surface area contributed by atoms with Crippen LogP contribution in [0.5, 0.6) is 0 Å². The zero-order valence-corrected chi connectivity index (χ0v) is 18.1. The van der Waals surface area contributed by atoms with Crippen molar-refractivity contribution in [3.63, 3.8) is 0 Å². The van der Waals surface area contributed by atoms with Gasteiger partial charge in [-0.15, -0.1) is 11.3 Å². The number of thioether (sulfide) groups is 1. The largest absolute Gasteiger partial charge is 0.348 e. The molecule has 0 aliphatic heterocycles. The molecule has 146 valence electrons. The second kappa shape index (κ2) is 7.37. The van der Waals surface area contributed by atoms with Crippen molar-refractivity contribution in [2.24, 2.45) is 0 Å². The summed E-state index contributed by atoms with van der Waals surface area (Å²) in [5.41, 5.74) is 3.06. The van der Waals surface area contributed by atoms with Crippen LogP contribution < -0.4 is 5.56 Å². The number of aryl methyl sites for hydroxylation is 3. The summed E-state index contributed by atoms with van der Waals surface area (Å²) in [6.45, 7) is 3.88. The van der Waals surface area contributed by atoms with Crippen molar-refractivity contribution in [3.8, 4) is 5.69 Å². The first-order valence-electron chi connectivity index (χ1n) is 9.39. The summed E-state index contributed by atoms with van der Waals surface area (Å²) >= 11 is 2.97. The molecule has 2 aromatic heterocycles. The molecule has 0 radical (unpaired) electrons. The van der Waals surface area contributed by atoms with E-state index in [4.69, 9.17) is 4.98 Å². The molecule has 1 aliphatic carbocycles. The van der Waals surface area contributed by atoms with E-state index in [-0.39, 0.29) is 16.7 Å². The molecule has 7 heteroatoms. The number of aromatic nitrogens is 2. The van der Waals surface area contributed by atoms with Crippen LogP contribution in [0.4, 0.5) is 0 Å². The molecule has 5 nitrogen and oxygen atoms in total. The number of benzene rings is 1. The molecule has 0 saturated heterocycles. The molecular weight excluding hydrogens is 390 g/mol. The lowest BCUT2D eigenvalue weighted by Gasteiger charge is -2.18. The zero-order valence-electron chi connectivity index (χ0n) is 16.5. The molecule has 0 N–H and O–H groups in total. The Morgan fingerprint density at radius 3 is 2.64 bits per heavy atom. The van der Waals surface area contributed by atoms with Crippen molar-refractivity contribution in [2.75, 3.05) is 14.1 Å². The molecule has 2 heterocycles. The second-order valence-electron chi connectivity index (χ2n) is 7.40. The minimum atomic E-state index is -0.331. The number of hydrogen-bond donors (Lipinski definition) is 0. The van der Waals surface area contributed by atoms with E-state index in [1.807, 2.05) is 38.1 Å². The van der Waals surface area contributed by atoms with Crippen LogP contribution in [0.1, 0.15) is 29.3 Å². The normalized spacial score (nSPS) is 14.3. The van der Waals surface area contributed by atoms with Crippen molar-refractivity contribution >= 4 is 39.2 Å². The number of carbonyl (C=O) groups is 1. The molecule has 1 atom stereocenters. The molecule has 0 spiro atoms. The Bertz CT molecular complexity index is 1110. The Morgan fingerprint density at radius 1 is 1.25 bits per heavy atom. The molecule has 0 unspecified atom stereocenters. The van der Waals surface area contributed by atoms with Crippen molar-refractivity contribution in [3.05, 3.63) is 50.6 Å². The standard InChI is InChI=1S/C21H23N3O2S2/c1-12-8-10-14(11-9-12)24-20(26)17-15-6-5-7-16(15)28-18(17)22-21(24)27-13(2)19(25)23(3)4/h8-11,13H,5-7H2,1-4H3/t13-/m0/s1. The summed E-state index contributed by atoms with van der Waals surface area (Å²) in [5.74, 6) is 0.00322. The lowest BCUT2D eigenvalue weighted by atomic mass is 10.2. The molecule has 28 heavy (non-hydrogen) atoms. The summed E-state index contributed by atoms with van der Waals surface area (Å²) in [4.78, 5) is 34.5. The topological polar surface area (TPSA) is 55.2 Å². The Labute approximate surface area is 172 Å². The molecule has 4 rings (SSSR count). The third-order valence-corrected chi connectivity index (χ3v) is 7.30. The third kappa shape index (κ3) is 3.26. The van der Waals surface area contributed by atoms with Crippen molar-refractivity contribution in [1.29, 1.82) is 0 Å². The van der Waals surface area contributed by atoms with E-state index in [1.165, 1.54) is 22.2 Å². The van der Waals surface area contributed by atoms with Gasteiger partial charge in [0.2, 0.25) is 5.91 Å². The number of thiophene rings is 1. The van der Waals surface area contributed by atoms with Gasteiger partial charge in [-0.2, -0.15) is 0 Å². The molecule has 1 aromatic carbocycles. The highest BCUT2D eigenvalue weighted by molar-refractivity contribution is 8.00. The highest BCUT2D eigenvalue weighted by Crippen LogP contribution is 2.36. The molecule has 0 bridgehead atoms. The Kier molecular flexibility index (Phi) is 5.05. The van der Waals surface area contributed by atoms with E-state index in [0.717, 1.165) is 40.7 Å². The fourth-order valence-corrected chi connectivity index (χ4v) is 5.97. The van der Waals surface area contributed by atoms with E-state index in [2.05, 4.69) is 0 Å². The van der Waals surface area contributed by atoms with Gasteiger partial charge in [-0.1, -0.05) is 29.5 Å². The van der Waals surface area contributed by atoms with Gasteiger partial charge in [-0.3, -0.25) is 14.2 Å². The highest BCUT2D eigenvalue weighted by atomic mass is 32.2. The maximum absolute atomic E-state index is 13.6. The molecule has 0 fully saturated rings. The van der Waals surface area contributed by atoms with E-state index < -0.39 is 0 Å². The second-order valence-corrected chi connectivity index (χ2v) is 9.79. The van der Waals surface area contributed by atoms with Gasteiger partial charge in [0.05, 0.1) is 16.3 Å². The molecule has 3 aromatic rings.